The van der Waals surface area contributed by atoms with Crippen molar-refractivity contribution in [3.8, 4) is 11.3 Å². The zero-order valence-corrected chi connectivity index (χ0v) is 14.9. The molecule has 3 rings (SSSR count). The second kappa shape index (κ2) is 8.66. The molecule has 27 heavy (non-hydrogen) atoms. The van der Waals surface area contributed by atoms with Gasteiger partial charge in [-0.05, 0) is 48.9 Å². The summed E-state index contributed by atoms with van der Waals surface area (Å²) in [6, 6.07) is 17.5. The summed E-state index contributed by atoms with van der Waals surface area (Å²) in [4.78, 5) is 19.4. The monoisotopic (exact) mass is 363 g/mol. The van der Waals surface area contributed by atoms with Crippen LogP contribution < -0.4 is 16.0 Å². The quantitative estimate of drug-likeness (QED) is 0.476. The van der Waals surface area contributed by atoms with Crippen molar-refractivity contribution < 1.29 is 9.90 Å². The van der Waals surface area contributed by atoms with Crippen molar-refractivity contribution in [2.45, 2.75) is 6.92 Å². The number of aromatic nitrogens is 2. The fraction of sp³-hybridized carbons (Fsp3) is 0.150. The largest absolute Gasteiger partial charge is 0.465 e. The number of nitrogens with zero attached hydrogens (tertiary/aromatic N) is 2. The molecule has 0 saturated carbocycles. The minimum absolute atomic E-state index is 0.334. The SMILES string of the molecule is Cc1ccnc(Nc2cccc(-c3cccc(NCCNC(=O)O)c3)n2)c1. The van der Waals surface area contributed by atoms with Crippen LogP contribution in [0.25, 0.3) is 11.3 Å². The number of hydrogen-bond acceptors (Lipinski definition) is 5. The first-order valence-electron chi connectivity index (χ1n) is 8.58. The van der Waals surface area contributed by atoms with E-state index in [0.717, 1.165) is 34.1 Å². The minimum Gasteiger partial charge on any atom is -0.465 e. The van der Waals surface area contributed by atoms with E-state index in [1.807, 2.05) is 61.5 Å². The van der Waals surface area contributed by atoms with E-state index < -0.39 is 6.09 Å². The molecule has 0 unspecified atom stereocenters. The summed E-state index contributed by atoms with van der Waals surface area (Å²) in [5.41, 5.74) is 3.83. The number of benzene rings is 1. The molecule has 0 bridgehead atoms. The predicted octanol–water partition coefficient (Wildman–Crippen LogP) is 3.88. The fourth-order valence-electron chi connectivity index (χ4n) is 2.57. The lowest BCUT2D eigenvalue weighted by atomic mass is 10.1. The first kappa shape index (κ1) is 18.2. The van der Waals surface area contributed by atoms with Crippen molar-refractivity contribution >= 4 is 23.4 Å². The Labute approximate surface area is 157 Å². The van der Waals surface area contributed by atoms with Crippen LogP contribution in [-0.2, 0) is 0 Å². The van der Waals surface area contributed by atoms with Gasteiger partial charge in [0.1, 0.15) is 11.6 Å². The Kier molecular flexibility index (Phi) is 5.84. The van der Waals surface area contributed by atoms with Gasteiger partial charge in [-0.3, -0.25) is 0 Å². The lowest BCUT2D eigenvalue weighted by molar-refractivity contribution is 0.195. The van der Waals surface area contributed by atoms with Crippen LogP contribution >= 0.6 is 0 Å². The maximum Gasteiger partial charge on any atom is 0.404 e. The average molecular weight is 363 g/mol. The molecule has 0 aliphatic rings. The van der Waals surface area contributed by atoms with Gasteiger partial charge >= 0.3 is 6.09 Å². The van der Waals surface area contributed by atoms with Gasteiger partial charge in [0.2, 0.25) is 0 Å². The Morgan fingerprint density at radius 2 is 1.89 bits per heavy atom. The first-order valence-corrected chi connectivity index (χ1v) is 8.58. The standard InChI is InChI=1S/C20H21N5O2/c1-14-8-9-22-19(12-14)25-18-7-3-6-17(24-18)15-4-2-5-16(13-15)21-10-11-23-20(26)27/h2-9,12-13,21,23H,10-11H2,1H3,(H,26,27)(H,22,24,25). The fourth-order valence-corrected chi connectivity index (χ4v) is 2.57. The molecule has 0 saturated heterocycles. The maximum absolute atomic E-state index is 10.5. The summed E-state index contributed by atoms with van der Waals surface area (Å²) in [7, 11) is 0. The molecule has 1 aromatic carbocycles. The summed E-state index contributed by atoms with van der Waals surface area (Å²) >= 11 is 0. The highest BCUT2D eigenvalue weighted by Crippen LogP contribution is 2.23. The Hall–Kier alpha value is -3.61. The molecule has 3 aromatic rings. The number of hydrogen-bond donors (Lipinski definition) is 4. The highest BCUT2D eigenvalue weighted by Gasteiger charge is 2.04. The normalized spacial score (nSPS) is 10.3. The van der Waals surface area contributed by atoms with Crippen LogP contribution in [0.5, 0.6) is 0 Å². The molecule has 1 amide bonds. The van der Waals surface area contributed by atoms with Gasteiger partial charge < -0.3 is 21.1 Å². The number of aryl methyl sites for hydroxylation is 1. The third-order valence-corrected chi connectivity index (χ3v) is 3.81. The summed E-state index contributed by atoms with van der Waals surface area (Å²) in [6.45, 7) is 2.85. The molecular formula is C20H21N5O2. The Balaban J connectivity index is 1.71. The van der Waals surface area contributed by atoms with Gasteiger partial charge in [-0.2, -0.15) is 0 Å². The van der Waals surface area contributed by atoms with Crippen LogP contribution in [0.1, 0.15) is 5.56 Å². The summed E-state index contributed by atoms with van der Waals surface area (Å²) in [6.07, 6.45) is 0.734. The van der Waals surface area contributed by atoms with Gasteiger partial charge in [0.15, 0.2) is 0 Å². The average Bonchev–Trinajstić information content (AvgIpc) is 2.66. The van der Waals surface area contributed by atoms with Crippen LogP contribution in [-0.4, -0.2) is 34.3 Å². The van der Waals surface area contributed by atoms with Crippen molar-refractivity contribution in [2.75, 3.05) is 23.7 Å². The third-order valence-electron chi connectivity index (χ3n) is 3.81. The number of rotatable bonds is 7. The molecule has 138 valence electrons. The zero-order valence-electron chi connectivity index (χ0n) is 14.9. The molecule has 2 heterocycles. The molecule has 2 aromatic heterocycles. The number of nitrogens with one attached hydrogen (secondary N) is 3. The topological polar surface area (TPSA) is 99.2 Å². The molecular weight excluding hydrogens is 342 g/mol. The summed E-state index contributed by atoms with van der Waals surface area (Å²) in [5, 5.41) is 17.3. The number of pyridine rings is 2. The highest BCUT2D eigenvalue weighted by atomic mass is 16.4. The lowest BCUT2D eigenvalue weighted by Crippen LogP contribution is -2.26. The smallest absolute Gasteiger partial charge is 0.404 e. The summed E-state index contributed by atoms with van der Waals surface area (Å²) in [5.74, 6) is 1.47. The second-order valence-corrected chi connectivity index (χ2v) is 5.99. The molecule has 0 aliphatic heterocycles. The Bertz CT molecular complexity index is 930. The van der Waals surface area contributed by atoms with Crippen molar-refractivity contribution in [3.05, 3.63) is 66.4 Å². The Morgan fingerprint density at radius 3 is 2.70 bits per heavy atom. The van der Waals surface area contributed by atoms with Gasteiger partial charge in [-0.25, -0.2) is 14.8 Å². The molecule has 7 nitrogen and oxygen atoms in total. The van der Waals surface area contributed by atoms with Gasteiger partial charge in [0, 0.05) is 30.5 Å². The van der Waals surface area contributed by atoms with Crippen LogP contribution in [0, 0.1) is 6.92 Å². The van der Waals surface area contributed by atoms with E-state index in [2.05, 4.69) is 25.9 Å². The van der Waals surface area contributed by atoms with Gasteiger partial charge in [-0.15, -0.1) is 0 Å². The lowest BCUT2D eigenvalue weighted by Gasteiger charge is -2.10. The molecule has 0 atom stereocenters. The van der Waals surface area contributed by atoms with Crippen molar-refractivity contribution in [3.63, 3.8) is 0 Å². The molecule has 7 heteroatoms. The molecule has 4 N–H and O–H groups in total. The van der Waals surface area contributed by atoms with E-state index >= 15 is 0 Å². The van der Waals surface area contributed by atoms with Crippen molar-refractivity contribution in [1.82, 2.24) is 15.3 Å². The number of carboxylic acid groups (broad SMARTS) is 1. The van der Waals surface area contributed by atoms with E-state index in [4.69, 9.17) is 5.11 Å². The Morgan fingerprint density at radius 1 is 1.04 bits per heavy atom. The van der Waals surface area contributed by atoms with Crippen LogP contribution in [0.3, 0.4) is 0 Å². The van der Waals surface area contributed by atoms with Crippen LogP contribution in [0.15, 0.2) is 60.8 Å². The van der Waals surface area contributed by atoms with Crippen LogP contribution in [0.4, 0.5) is 22.1 Å². The minimum atomic E-state index is -1.03. The van der Waals surface area contributed by atoms with Gasteiger partial charge in [-0.1, -0.05) is 18.2 Å². The van der Waals surface area contributed by atoms with E-state index in [0.29, 0.717) is 13.1 Å². The van der Waals surface area contributed by atoms with Gasteiger partial charge in [0.05, 0.1) is 5.69 Å². The maximum atomic E-state index is 10.5. The van der Waals surface area contributed by atoms with E-state index in [1.54, 1.807) is 6.20 Å². The molecule has 0 fully saturated rings. The number of carbonyl (C=O) groups is 1. The summed E-state index contributed by atoms with van der Waals surface area (Å²) < 4.78 is 0. The predicted molar refractivity (Wildman–Crippen MR) is 106 cm³/mol. The second-order valence-electron chi connectivity index (χ2n) is 5.99. The molecule has 0 spiro atoms. The van der Waals surface area contributed by atoms with E-state index in [1.165, 1.54) is 0 Å². The molecule has 0 radical (unpaired) electrons. The van der Waals surface area contributed by atoms with E-state index in [-0.39, 0.29) is 0 Å². The zero-order chi connectivity index (χ0) is 19.1. The highest BCUT2D eigenvalue weighted by molar-refractivity contribution is 5.67. The first-order chi connectivity index (χ1) is 13.1. The van der Waals surface area contributed by atoms with Gasteiger partial charge in [0.25, 0.3) is 0 Å². The number of anilines is 3. The third kappa shape index (κ3) is 5.43. The molecule has 0 aliphatic carbocycles. The van der Waals surface area contributed by atoms with Crippen molar-refractivity contribution in [2.24, 2.45) is 0 Å². The van der Waals surface area contributed by atoms with Crippen LogP contribution in [0.2, 0.25) is 0 Å². The van der Waals surface area contributed by atoms with Crippen molar-refractivity contribution in [1.29, 1.82) is 0 Å². The van der Waals surface area contributed by atoms with E-state index in [9.17, 15) is 4.79 Å². The number of amides is 1.